The van der Waals surface area contributed by atoms with Crippen molar-refractivity contribution in [2.45, 2.75) is 13.5 Å². The van der Waals surface area contributed by atoms with Crippen molar-refractivity contribution in [3.63, 3.8) is 0 Å². The average molecular weight is 346 g/mol. The summed E-state index contributed by atoms with van der Waals surface area (Å²) in [6, 6.07) is 10.7. The van der Waals surface area contributed by atoms with E-state index in [1.54, 1.807) is 31.2 Å². The first-order valence-electron chi connectivity index (χ1n) is 7.38. The molecule has 0 aliphatic heterocycles. The molecule has 2 N–H and O–H groups in total. The molecule has 0 saturated heterocycles. The molecule has 2 heterocycles. The van der Waals surface area contributed by atoms with Gasteiger partial charge in [0.05, 0.1) is 25.1 Å². The predicted octanol–water partition coefficient (Wildman–Crippen LogP) is 3.35. The Morgan fingerprint density at radius 3 is 2.88 bits per heavy atom. The molecule has 0 spiro atoms. The molecule has 0 atom stereocenters. The molecule has 124 valence electrons. The zero-order valence-electron chi connectivity index (χ0n) is 13.0. The fourth-order valence-electron chi connectivity index (χ4n) is 2.35. The van der Waals surface area contributed by atoms with E-state index in [0.717, 1.165) is 11.1 Å². The van der Waals surface area contributed by atoms with Crippen molar-refractivity contribution < 1.29 is 14.3 Å². The Bertz CT molecular complexity index is 870. The molecule has 0 bridgehead atoms. The third-order valence-electron chi connectivity index (χ3n) is 3.52. The second kappa shape index (κ2) is 6.90. The number of aliphatic hydroxyl groups excluding tert-OH is 1. The minimum absolute atomic E-state index is 0.0979. The highest BCUT2D eigenvalue weighted by atomic mass is 35.5. The zero-order chi connectivity index (χ0) is 17.1. The molecule has 0 aliphatic rings. The number of furan rings is 1. The fraction of sp³-hybridized carbons (Fsp3) is 0.176. The monoisotopic (exact) mass is 345 g/mol. The molecule has 3 aromatic rings. The van der Waals surface area contributed by atoms with Crippen LogP contribution in [0.4, 0.5) is 5.82 Å². The van der Waals surface area contributed by atoms with Gasteiger partial charge in [0.25, 0.3) is 5.91 Å². The van der Waals surface area contributed by atoms with Gasteiger partial charge in [0.15, 0.2) is 5.76 Å². The summed E-state index contributed by atoms with van der Waals surface area (Å²) >= 11 is 6.02. The molecule has 0 radical (unpaired) electrons. The quantitative estimate of drug-likeness (QED) is 0.743. The summed E-state index contributed by atoms with van der Waals surface area (Å²) in [4.78, 5) is 12.3. The fourth-order valence-corrected chi connectivity index (χ4v) is 2.54. The number of anilines is 1. The maximum absolute atomic E-state index is 12.3. The van der Waals surface area contributed by atoms with Crippen LogP contribution in [0.1, 0.15) is 16.1 Å². The van der Waals surface area contributed by atoms with Crippen LogP contribution in [0.3, 0.4) is 0 Å². The van der Waals surface area contributed by atoms with E-state index in [-0.39, 0.29) is 24.8 Å². The van der Waals surface area contributed by atoms with Gasteiger partial charge in [-0.1, -0.05) is 23.7 Å². The number of aryl methyl sites for hydroxylation is 1. The third-order valence-corrected chi connectivity index (χ3v) is 3.76. The van der Waals surface area contributed by atoms with Crippen LogP contribution in [0.5, 0.6) is 0 Å². The van der Waals surface area contributed by atoms with Crippen molar-refractivity contribution in [3.8, 4) is 11.3 Å². The van der Waals surface area contributed by atoms with Gasteiger partial charge in [0.2, 0.25) is 0 Å². The molecule has 1 amide bonds. The SMILES string of the molecule is Cc1ccoc1C(=O)Nc1cc(-c2cccc(Cl)c2)nn1CCO. The standard InChI is InChI=1S/C17H16ClN3O3/c1-11-5-8-24-16(11)17(23)19-15-10-14(20-21(15)6-7-22)12-3-2-4-13(18)9-12/h2-5,8-10,22H,6-7H2,1H3,(H,19,23). The van der Waals surface area contributed by atoms with Crippen molar-refractivity contribution in [2.75, 3.05) is 11.9 Å². The Morgan fingerprint density at radius 1 is 1.38 bits per heavy atom. The van der Waals surface area contributed by atoms with Crippen molar-refractivity contribution in [1.82, 2.24) is 9.78 Å². The molecule has 2 aromatic heterocycles. The van der Waals surface area contributed by atoms with Gasteiger partial charge in [-0.25, -0.2) is 4.68 Å². The average Bonchev–Trinajstić information content (AvgIpc) is 3.14. The zero-order valence-corrected chi connectivity index (χ0v) is 13.7. The van der Waals surface area contributed by atoms with Gasteiger partial charge >= 0.3 is 0 Å². The van der Waals surface area contributed by atoms with E-state index in [4.69, 9.17) is 16.0 Å². The Kier molecular flexibility index (Phi) is 4.69. The number of hydrogen-bond acceptors (Lipinski definition) is 4. The van der Waals surface area contributed by atoms with Crippen LogP contribution in [0.15, 0.2) is 47.1 Å². The number of halogens is 1. The Hall–Kier alpha value is -2.57. The molecule has 7 heteroatoms. The number of nitrogens with one attached hydrogen (secondary N) is 1. The molecule has 3 rings (SSSR count). The highest BCUT2D eigenvalue weighted by Gasteiger charge is 2.17. The van der Waals surface area contributed by atoms with Crippen molar-refractivity contribution >= 4 is 23.3 Å². The first-order chi connectivity index (χ1) is 11.6. The summed E-state index contributed by atoms with van der Waals surface area (Å²) in [5.74, 6) is 0.352. The van der Waals surface area contributed by atoms with Crippen LogP contribution in [0, 0.1) is 6.92 Å². The molecular weight excluding hydrogens is 330 g/mol. The van der Waals surface area contributed by atoms with Crippen LogP contribution < -0.4 is 5.32 Å². The van der Waals surface area contributed by atoms with Gasteiger partial charge in [0, 0.05) is 22.2 Å². The second-order valence-corrected chi connectivity index (χ2v) is 5.70. The normalized spacial score (nSPS) is 10.8. The van der Waals surface area contributed by atoms with Crippen LogP contribution in [0.25, 0.3) is 11.3 Å². The Balaban J connectivity index is 1.92. The summed E-state index contributed by atoms with van der Waals surface area (Å²) in [5.41, 5.74) is 2.22. The van der Waals surface area contributed by atoms with E-state index in [1.165, 1.54) is 10.9 Å². The summed E-state index contributed by atoms with van der Waals surface area (Å²) in [5, 5.41) is 17.0. The number of carbonyl (C=O) groups is 1. The minimum atomic E-state index is -0.366. The third kappa shape index (κ3) is 3.34. The van der Waals surface area contributed by atoms with Crippen molar-refractivity contribution in [3.05, 3.63) is 59.0 Å². The molecule has 6 nitrogen and oxygen atoms in total. The lowest BCUT2D eigenvalue weighted by atomic mass is 10.1. The number of benzene rings is 1. The highest BCUT2D eigenvalue weighted by molar-refractivity contribution is 6.30. The van der Waals surface area contributed by atoms with Crippen LogP contribution in [0.2, 0.25) is 5.02 Å². The van der Waals surface area contributed by atoms with E-state index < -0.39 is 0 Å². The Morgan fingerprint density at radius 2 is 2.21 bits per heavy atom. The largest absolute Gasteiger partial charge is 0.459 e. The number of aliphatic hydroxyl groups is 1. The number of amides is 1. The van der Waals surface area contributed by atoms with Gasteiger partial charge in [-0.05, 0) is 25.1 Å². The van der Waals surface area contributed by atoms with Gasteiger partial charge in [0.1, 0.15) is 5.82 Å². The highest BCUT2D eigenvalue weighted by Crippen LogP contribution is 2.25. The van der Waals surface area contributed by atoms with Crippen LogP contribution in [-0.2, 0) is 6.54 Å². The molecule has 0 fully saturated rings. The minimum Gasteiger partial charge on any atom is -0.459 e. The smallest absolute Gasteiger partial charge is 0.292 e. The van der Waals surface area contributed by atoms with Gasteiger partial charge < -0.3 is 14.8 Å². The number of aromatic nitrogens is 2. The number of hydrogen-bond donors (Lipinski definition) is 2. The molecule has 0 aliphatic carbocycles. The van der Waals surface area contributed by atoms with Gasteiger partial charge in [-0.2, -0.15) is 5.10 Å². The molecule has 0 saturated carbocycles. The summed E-state index contributed by atoms with van der Waals surface area (Å²) < 4.78 is 6.73. The van der Waals surface area contributed by atoms with Crippen LogP contribution >= 0.6 is 11.6 Å². The number of nitrogens with zero attached hydrogens (tertiary/aromatic N) is 2. The van der Waals surface area contributed by atoms with E-state index in [0.29, 0.717) is 16.5 Å². The second-order valence-electron chi connectivity index (χ2n) is 5.26. The topological polar surface area (TPSA) is 80.3 Å². The number of rotatable bonds is 5. The van der Waals surface area contributed by atoms with Crippen molar-refractivity contribution in [2.24, 2.45) is 0 Å². The lowest BCUT2D eigenvalue weighted by molar-refractivity contribution is 0.0994. The lowest BCUT2D eigenvalue weighted by Crippen LogP contribution is -2.16. The van der Waals surface area contributed by atoms with E-state index in [9.17, 15) is 9.90 Å². The van der Waals surface area contributed by atoms with E-state index in [2.05, 4.69) is 10.4 Å². The van der Waals surface area contributed by atoms with E-state index in [1.807, 2.05) is 12.1 Å². The maximum atomic E-state index is 12.3. The van der Waals surface area contributed by atoms with Crippen molar-refractivity contribution in [1.29, 1.82) is 0 Å². The van der Waals surface area contributed by atoms with Crippen LogP contribution in [-0.4, -0.2) is 27.4 Å². The van der Waals surface area contributed by atoms with Gasteiger partial charge in [-0.3, -0.25) is 4.79 Å². The number of carbonyl (C=O) groups excluding carboxylic acids is 1. The molecule has 1 aromatic carbocycles. The predicted molar refractivity (Wildman–Crippen MR) is 91.2 cm³/mol. The van der Waals surface area contributed by atoms with E-state index >= 15 is 0 Å². The molecule has 24 heavy (non-hydrogen) atoms. The molecular formula is C17H16ClN3O3. The summed E-state index contributed by atoms with van der Waals surface area (Å²) in [6.07, 6.45) is 1.46. The summed E-state index contributed by atoms with van der Waals surface area (Å²) in [6.45, 7) is 1.95. The lowest BCUT2D eigenvalue weighted by Gasteiger charge is -2.06. The Labute approximate surface area is 143 Å². The first kappa shape index (κ1) is 16.3. The molecule has 0 unspecified atom stereocenters. The first-order valence-corrected chi connectivity index (χ1v) is 7.76. The summed E-state index contributed by atoms with van der Waals surface area (Å²) in [7, 11) is 0. The maximum Gasteiger partial charge on any atom is 0.292 e. The van der Waals surface area contributed by atoms with Gasteiger partial charge in [-0.15, -0.1) is 0 Å².